The molecule has 0 unspecified atom stereocenters. The maximum absolute atomic E-state index is 5.60. The summed E-state index contributed by atoms with van der Waals surface area (Å²) in [5, 5.41) is 0.684. The number of hydrogen-bond donors (Lipinski definition) is 0. The average Bonchev–Trinajstić information content (AvgIpc) is 1.90. The van der Waals surface area contributed by atoms with Crippen molar-refractivity contribution in [2.45, 2.75) is 12.8 Å². The van der Waals surface area contributed by atoms with Gasteiger partial charge >= 0.3 is 0 Å². The Bertz CT molecular complexity index is 160. The number of rotatable bonds is 1. The molecule has 0 bridgehead atoms. The second-order valence-corrected chi connectivity index (χ2v) is 2.63. The number of hydrogen-bond acceptors (Lipinski definition) is 1. The molecule has 50 valence electrons. The predicted molar refractivity (Wildman–Crippen MR) is 41.3 cm³/mol. The smallest absolute Gasteiger partial charge is 0.106 e. The van der Waals surface area contributed by atoms with E-state index in [9.17, 15) is 0 Å². The van der Waals surface area contributed by atoms with Crippen molar-refractivity contribution in [1.82, 2.24) is 0 Å². The lowest BCUT2D eigenvalue weighted by atomic mass is 10.1. The van der Waals surface area contributed by atoms with Crippen LogP contribution < -0.4 is 0 Å². The first-order valence-electron chi connectivity index (χ1n) is 2.79. The van der Waals surface area contributed by atoms with Gasteiger partial charge in [-0.3, -0.25) is 0 Å². The number of allylic oxidation sites excluding steroid dienone is 1. The third kappa shape index (κ3) is 1.99. The van der Waals surface area contributed by atoms with Crippen LogP contribution in [0.4, 0.5) is 0 Å². The summed E-state index contributed by atoms with van der Waals surface area (Å²) in [6, 6.07) is 0. The van der Waals surface area contributed by atoms with E-state index in [0.29, 0.717) is 11.1 Å². The molecule has 0 aromatic carbocycles. The van der Waals surface area contributed by atoms with Crippen LogP contribution >= 0.6 is 23.2 Å². The van der Waals surface area contributed by atoms with Crippen molar-refractivity contribution in [3.63, 3.8) is 0 Å². The highest BCUT2D eigenvalue weighted by Gasteiger charge is 2.03. The van der Waals surface area contributed by atoms with Gasteiger partial charge in [0.2, 0.25) is 0 Å². The summed E-state index contributed by atoms with van der Waals surface area (Å²) in [4.78, 5) is 3.92. The van der Waals surface area contributed by atoms with Crippen LogP contribution in [0.3, 0.4) is 0 Å². The summed E-state index contributed by atoms with van der Waals surface area (Å²) >= 11 is 11.1. The first kappa shape index (κ1) is 7.10. The molecule has 1 rings (SSSR count). The fraction of sp³-hybridized carbons (Fsp3) is 0.500. The Morgan fingerprint density at radius 3 is 2.78 bits per heavy atom. The molecule has 0 radical (unpaired) electrons. The van der Waals surface area contributed by atoms with E-state index in [1.165, 1.54) is 5.57 Å². The molecule has 0 saturated carbocycles. The number of aliphatic imine (C=N–C) groups is 1. The van der Waals surface area contributed by atoms with Gasteiger partial charge in [0.05, 0.1) is 0 Å². The van der Waals surface area contributed by atoms with E-state index in [1.807, 2.05) is 0 Å². The number of alkyl halides is 1. The normalized spacial score (nSPS) is 18.9. The van der Waals surface area contributed by atoms with Crippen molar-refractivity contribution in [1.29, 1.82) is 0 Å². The first-order valence-corrected chi connectivity index (χ1v) is 3.70. The molecule has 1 nitrogen and oxygen atoms in total. The number of nitrogens with zero attached hydrogens (tertiary/aromatic N) is 1. The minimum Gasteiger partial charge on any atom is -0.249 e. The van der Waals surface area contributed by atoms with Gasteiger partial charge in [-0.25, -0.2) is 4.99 Å². The molecule has 0 aromatic rings. The lowest BCUT2D eigenvalue weighted by Gasteiger charge is -2.05. The Balaban J connectivity index is 2.59. The van der Waals surface area contributed by atoms with Crippen LogP contribution in [0.5, 0.6) is 0 Å². The monoisotopic (exact) mass is 163 g/mol. The minimum absolute atomic E-state index is 0.577. The molecule has 0 spiro atoms. The van der Waals surface area contributed by atoms with Crippen LogP contribution in [0.25, 0.3) is 0 Å². The average molecular weight is 164 g/mol. The van der Waals surface area contributed by atoms with E-state index in [1.54, 1.807) is 6.20 Å². The van der Waals surface area contributed by atoms with Crippen molar-refractivity contribution in [3.05, 3.63) is 11.8 Å². The Kier molecular flexibility index (Phi) is 2.55. The molecule has 1 aliphatic rings. The fourth-order valence-corrected chi connectivity index (χ4v) is 1.00. The molecule has 0 saturated heterocycles. The molecule has 0 N–H and O–H groups in total. The van der Waals surface area contributed by atoms with E-state index >= 15 is 0 Å². The van der Waals surface area contributed by atoms with Crippen molar-refractivity contribution < 1.29 is 0 Å². The van der Waals surface area contributed by atoms with Crippen LogP contribution in [0, 0.1) is 0 Å². The first-order chi connectivity index (χ1) is 4.33. The molecular formula is C6H7Cl2N. The van der Waals surface area contributed by atoms with Gasteiger partial charge < -0.3 is 0 Å². The van der Waals surface area contributed by atoms with Gasteiger partial charge in [0, 0.05) is 18.5 Å². The maximum atomic E-state index is 5.60. The molecular weight excluding hydrogens is 157 g/mol. The van der Waals surface area contributed by atoms with Gasteiger partial charge in [-0.1, -0.05) is 11.6 Å². The summed E-state index contributed by atoms with van der Waals surface area (Å²) in [6.07, 6.45) is 3.56. The van der Waals surface area contributed by atoms with Crippen molar-refractivity contribution in [2.24, 2.45) is 4.99 Å². The number of halogens is 2. The Morgan fingerprint density at radius 1 is 1.56 bits per heavy atom. The molecule has 0 atom stereocenters. The van der Waals surface area contributed by atoms with Gasteiger partial charge in [-0.2, -0.15) is 0 Å². The second kappa shape index (κ2) is 3.23. The summed E-state index contributed by atoms with van der Waals surface area (Å²) in [7, 11) is 0. The largest absolute Gasteiger partial charge is 0.249 e. The summed E-state index contributed by atoms with van der Waals surface area (Å²) in [5.41, 5.74) is 1.17. The van der Waals surface area contributed by atoms with Gasteiger partial charge in [0.25, 0.3) is 0 Å². The lowest BCUT2D eigenvalue weighted by molar-refractivity contribution is 0.991. The zero-order valence-electron chi connectivity index (χ0n) is 4.90. The highest BCUT2D eigenvalue weighted by atomic mass is 35.5. The van der Waals surface area contributed by atoms with Crippen LogP contribution in [-0.4, -0.2) is 11.1 Å². The Hall–Kier alpha value is -0.0100. The third-order valence-corrected chi connectivity index (χ3v) is 1.84. The van der Waals surface area contributed by atoms with E-state index in [2.05, 4.69) is 4.99 Å². The van der Waals surface area contributed by atoms with Crippen molar-refractivity contribution in [3.8, 4) is 0 Å². The highest BCUT2D eigenvalue weighted by Crippen LogP contribution is 2.14. The SMILES string of the molecule is ClCC1=CN=C(Cl)CC1. The molecule has 0 aliphatic carbocycles. The van der Waals surface area contributed by atoms with Crippen molar-refractivity contribution >= 4 is 28.4 Å². The van der Waals surface area contributed by atoms with E-state index < -0.39 is 0 Å². The standard InChI is InChI=1S/C6H7Cl2N/c7-3-5-1-2-6(8)9-4-5/h4H,1-3H2. The van der Waals surface area contributed by atoms with E-state index in [0.717, 1.165) is 12.8 Å². The predicted octanol–water partition coefficient (Wildman–Crippen LogP) is 2.54. The molecule has 1 heterocycles. The van der Waals surface area contributed by atoms with E-state index in [-0.39, 0.29) is 0 Å². The van der Waals surface area contributed by atoms with E-state index in [4.69, 9.17) is 23.2 Å². The second-order valence-electron chi connectivity index (χ2n) is 1.93. The maximum Gasteiger partial charge on any atom is 0.106 e. The highest BCUT2D eigenvalue weighted by molar-refractivity contribution is 6.65. The molecule has 3 heteroatoms. The quantitative estimate of drug-likeness (QED) is 0.528. The Labute approximate surface area is 64.4 Å². The van der Waals surface area contributed by atoms with Crippen LogP contribution in [0.1, 0.15) is 12.8 Å². The zero-order chi connectivity index (χ0) is 6.69. The summed E-state index contributed by atoms with van der Waals surface area (Å²) in [5.74, 6) is 0.577. The van der Waals surface area contributed by atoms with Crippen molar-refractivity contribution in [2.75, 3.05) is 5.88 Å². The third-order valence-electron chi connectivity index (χ3n) is 1.21. The van der Waals surface area contributed by atoms with Crippen LogP contribution in [-0.2, 0) is 0 Å². The zero-order valence-corrected chi connectivity index (χ0v) is 6.41. The topological polar surface area (TPSA) is 12.4 Å². The molecule has 9 heavy (non-hydrogen) atoms. The van der Waals surface area contributed by atoms with Gasteiger partial charge in [0.1, 0.15) is 5.17 Å². The molecule has 0 amide bonds. The molecule has 0 aromatic heterocycles. The fourth-order valence-electron chi connectivity index (χ4n) is 0.655. The van der Waals surface area contributed by atoms with Gasteiger partial charge in [-0.05, 0) is 12.0 Å². The minimum atomic E-state index is 0.577. The van der Waals surface area contributed by atoms with Gasteiger partial charge in [-0.15, -0.1) is 11.6 Å². The van der Waals surface area contributed by atoms with Crippen LogP contribution in [0.2, 0.25) is 0 Å². The molecule has 0 fully saturated rings. The van der Waals surface area contributed by atoms with Gasteiger partial charge in [0.15, 0.2) is 0 Å². The van der Waals surface area contributed by atoms with Crippen LogP contribution in [0.15, 0.2) is 16.8 Å². The lowest BCUT2D eigenvalue weighted by Crippen LogP contribution is -1.96. The summed E-state index contributed by atoms with van der Waals surface area (Å²) < 4.78 is 0. The Morgan fingerprint density at radius 2 is 2.33 bits per heavy atom. The molecule has 1 aliphatic heterocycles. The summed E-state index contributed by atoms with van der Waals surface area (Å²) in [6.45, 7) is 0.